The second kappa shape index (κ2) is 10.4. The Kier molecular flexibility index (Phi) is 8.18. The molecule has 2 aromatic rings. The normalized spacial score (nSPS) is 10.2. The number of benzene rings is 2. The van der Waals surface area contributed by atoms with E-state index in [9.17, 15) is 0 Å². The van der Waals surface area contributed by atoms with Crippen LogP contribution < -0.4 is 20.1 Å². The summed E-state index contributed by atoms with van der Waals surface area (Å²) in [6.07, 6.45) is 0. The number of nitrogens with one attached hydrogen (secondary N) is 2. The Morgan fingerprint density at radius 1 is 1.16 bits per heavy atom. The van der Waals surface area contributed by atoms with Crippen LogP contribution in [0.25, 0.3) is 0 Å². The van der Waals surface area contributed by atoms with Crippen molar-refractivity contribution in [3.8, 4) is 11.5 Å². The van der Waals surface area contributed by atoms with Gasteiger partial charge in [0.05, 0.1) is 19.9 Å². The third-order valence-electron chi connectivity index (χ3n) is 3.40. The molecule has 0 aliphatic heterocycles. The van der Waals surface area contributed by atoms with Crippen molar-refractivity contribution in [2.24, 2.45) is 0 Å². The summed E-state index contributed by atoms with van der Waals surface area (Å²) in [5, 5.41) is 7.70. The zero-order valence-electron chi connectivity index (χ0n) is 14.2. The second-order valence-corrected chi connectivity index (χ2v) is 7.01. The van der Waals surface area contributed by atoms with Crippen LogP contribution in [0.2, 0.25) is 5.02 Å². The van der Waals surface area contributed by atoms with Gasteiger partial charge in [-0.1, -0.05) is 29.8 Å². The smallest absolute Gasteiger partial charge is 0.170 e. The fourth-order valence-electron chi connectivity index (χ4n) is 2.10. The fraction of sp³-hybridized carbons (Fsp3) is 0.278. The first kappa shape index (κ1) is 19.7. The minimum Gasteiger partial charge on any atom is -0.497 e. The van der Waals surface area contributed by atoms with Crippen molar-refractivity contribution in [1.82, 2.24) is 5.32 Å². The number of thiocarbonyl (C=S) groups is 1. The van der Waals surface area contributed by atoms with Gasteiger partial charge >= 0.3 is 0 Å². The van der Waals surface area contributed by atoms with E-state index in [1.54, 1.807) is 26.0 Å². The van der Waals surface area contributed by atoms with Crippen molar-refractivity contribution < 1.29 is 9.47 Å². The lowest BCUT2D eigenvalue weighted by Gasteiger charge is -2.14. The van der Waals surface area contributed by atoms with Gasteiger partial charge in [0.2, 0.25) is 0 Å². The van der Waals surface area contributed by atoms with Crippen molar-refractivity contribution in [1.29, 1.82) is 0 Å². The van der Waals surface area contributed by atoms with Crippen molar-refractivity contribution in [3.05, 3.63) is 53.1 Å². The summed E-state index contributed by atoms with van der Waals surface area (Å²) in [4.78, 5) is 0. The average molecular weight is 397 g/mol. The summed E-state index contributed by atoms with van der Waals surface area (Å²) >= 11 is 13.3. The van der Waals surface area contributed by atoms with E-state index in [-0.39, 0.29) is 0 Å². The number of ether oxygens (including phenoxy) is 2. The monoisotopic (exact) mass is 396 g/mol. The number of anilines is 1. The second-order valence-electron chi connectivity index (χ2n) is 5.09. The SMILES string of the molecule is COc1ccc(NC(=S)NCCSCc2ccccc2Cl)c(OC)c1. The maximum Gasteiger partial charge on any atom is 0.170 e. The van der Waals surface area contributed by atoms with Gasteiger partial charge in [0.1, 0.15) is 11.5 Å². The Bertz CT molecular complexity index is 713. The first-order valence-corrected chi connectivity index (χ1v) is 9.66. The van der Waals surface area contributed by atoms with Crippen LogP contribution in [-0.4, -0.2) is 31.6 Å². The van der Waals surface area contributed by atoms with Crippen molar-refractivity contribution in [2.75, 3.05) is 31.8 Å². The zero-order chi connectivity index (χ0) is 18.1. The highest BCUT2D eigenvalue weighted by Crippen LogP contribution is 2.28. The summed E-state index contributed by atoms with van der Waals surface area (Å²) in [6.45, 7) is 0.763. The van der Waals surface area contributed by atoms with Crippen LogP contribution in [0.1, 0.15) is 5.56 Å². The summed E-state index contributed by atoms with van der Waals surface area (Å²) in [5.41, 5.74) is 1.95. The molecule has 0 radical (unpaired) electrons. The fourth-order valence-corrected chi connectivity index (χ4v) is 3.46. The summed E-state index contributed by atoms with van der Waals surface area (Å²) in [5.74, 6) is 3.22. The molecule has 2 rings (SSSR count). The molecule has 0 aliphatic rings. The number of methoxy groups -OCH3 is 2. The molecule has 0 unspecified atom stereocenters. The highest BCUT2D eigenvalue weighted by atomic mass is 35.5. The Labute approximate surface area is 163 Å². The van der Waals surface area contributed by atoms with Gasteiger partial charge in [-0.05, 0) is 36.0 Å². The van der Waals surface area contributed by atoms with Crippen LogP contribution in [0.15, 0.2) is 42.5 Å². The molecule has 0 bridgehead atoms. The van der Waals surface area contributed by atoms with Gasteiger partial charge < -0.3 is 20.1 Å². The molecule has 0 aromatic heterocycles. The van der Waals surface area contributed by atoms with Gasteiger partial charge in [-0.2, -0.15) is 11.8 Å². The maximum atomic E-state index is 6.15. The topological polar surface area (TPSA) is 42.5 Å². The molecule has 25 heavy (non-hydrogen) atoms. The Balaban J connectivity index is 1.73. The quantitative estimate of drug-likeness (QED) is 0.503. The van der Waals surface area contributed by atoms with Crippen LogP contribution in [0.5, 0.6) is 11.5 Å². The van der Waals surface area contributed by atoms with E-state index >= 15 is 0 Å². The Morgan fingerprint density at radius 3 is 2.68 bits per heavy atom. The molecule has 4 nitrogen and oxygen atoms in total. The first-order valence-electron chi connectivity index (χ1n) is 7.72. The Morgan fingerprint density at radius 2 is 1.96 bits per heavy atom. The average Bonchev–Trinajstić information content (AvgIpc) is 2.63. The van der Waals surface area contributed by atoms with E-state index in [1.165, 1.54) is 0 Å². The highest BCUT2D eigenvalue weighted by Gasteiger charge is 2.06. The van der Waals surface area contributed by atoms with E-state index in [0.717, 1.165) is 40.1 Å². The van der Waals surface area contributed by atoms with Crippen LogP contribution in [0, 0.1) is 0 Å². The number of halogens is 1. The minimum atomic E-state index is 0.557. The third-order valence-corrected chi connectivity index (χ3v) is 5.03. The lowest BCUT2D eigenvalue weighted by atomic mass is 10.2. The number of rotatable bonds is 8. The molecule has 134 valence electrons. The molecule has 2 aromatic carbocycles. The summed E-state index contributed by atoms with van der Waals surface area (Å²) in [7, 11) is 3.23. The standard InChI is InChI=1S/C18H21ClN2O2S2/c1-22-14-7-8-16(17(11-14)23-2)21-18(24)20-9-10-25-12-13-5-3-4-6-15(13)19/h3-8,11H,9-10,12H2,1-2H3,(H2,20,21,24). The van der Waals surface area contributed by atoms with Crippen molar-refractivity contribution >= 4 is 46.4 Å². The van der Waals surface area contributed by atoms with Crippen LogP contribution in [-0.2, 0) is 5.75 Å². The third kappa shape index (κ3) is 6.30. The molecular weight excluding hydrogens is 376 g/mol. The van der Waals surface area contributed by atoms with Gasteiger partial charge in [-0.15, -0.1) is 0 Å². The van der Waals surface area contributed by atoms with Gasteiger partial charge in [0.15, 0.2) is 5.11 Å². The molecule has 0 fully saturated rings. The van der Waals surface area contributed by atoms with Gasteiger partial charge in [0.25, 0.3) is 0 Å². The molecule has 0 saturated carbocycles. The molecule has 2 N–H and O–H groups in total. The van der Waals surface area contributed by atoms with Gasteiger partial charge in [-0.25, -0.2) is 0 Å². The minimum absolute atomic E-state index is 0.557. The van der Waals surface area contributed by atoms with E-state index in [0.29, 0.717) is 10.9 Å². The first-order chi connectivity index (χ1) is 12.1. The van der Waals surface area contributed by atoms with Crippen molar-refractivity contribution in [2.45, 2.75) is 5.75 Å². The maximum absolute atomic E-state index is 6.15. The number of hydrogen-bond donors (Lipinski definition) is 2. The lowest BCUT2D eigenvalue weighted by molar-refractivity contribution is 0.395. The van der Waals surface area contributed by atoms with Gasteiger partial charge in [0, 0.05) is 29.1 Å². The van der Waals surface area contributed by atoms with Crippen LogP contribution in [0.3, 0.4) is 0 Å². The van der Waals surface area contributed by atoms with E-state index < -0.39 is 0 Å². The zero-order valence-corrected chi connectivity index (χ0v) is 16.6. The summed E-state index contributed by atoms with van der Waals surface area (Å²) < 4.78 is 10.5. The molecular formula is C18H21ClN2O2S2. The predicted octanol–water partition coefficient (Wildman–Crippen LogP) is 4.58. The van der Waals surface area contributed by atoms with Crippen molar-refractivity contribution in [3.63, 3.8) is 0 Å². The number of thioether (sulfide) groups is 1. The van der Waals surface area contributed by atoms with Gasteiger partial charge in [-0.3, -0.25) is 0 Å². The predicted molar refractivity (Wildman–Crippen MR) is 111 cm³/mol. The lowest BCUT2D eigenvalue weighted by Crippen LogP contribution is -2.30. The molecule has 0 heterocycles. The van der Waals surface area contributed by atoms with E-state index in [4.69, 9.17) is 33.3 Å². The van der Waals surface area contributed by atoms with E-state index in [1.807, 2.05) is 42.5 Å². The van der Waals surface area contributed by atoms with Crippen LogP contribution >= 0.6 is 35.6 Å². The molecule has 0 amide bonds. The summed E-state index contributed by atoms with van der Waals surface area (Å²) in [6, 6.07) is 13.4. The number of hydrogen-bond acceptors (Lipinski definition) is 4. The highest BCUT2D eigenvalue weighted by molar-refractivity contribution is 7.98. The van der Waals surface area contributed by atoms with E-state index in [2.05, 4.69) is 10.6 Å². The molecule has 7 heteroatoms. The largest absolute Gasteiger partial charge is 0.497 e. The van der Waals surface area contributed by atoms with Crippen LogP contribution in [0.4, 0.5) is 5.69 Å². The molecule has 0 atom stereocenters. The molecule has 0 saturated heterocycles. The molecule has 0 aliphatic carbocycles. The Hall–Kier alpha value is -1.63. The molecule has 0 spiro atoms.